The van der Waals surface area contributed by atoms with Crippen molar-refractivity contribution in [3.63, 3.8) is 0 Å². The van der Waals surface area contributed by atoms with Gasteiger partial charge in [-0.15, -0.1) is 0 Å². The molecule has 4 aromatic rings. The summed E-state index contributed by atoms with van der Waals surface area (Å²) in [7, 11) is 0. The molecule has 0 unspecified atom stereocenters. The smallest absolute Gasteiger partial charge is 0.251 e. The molecule has 0 radical (unpaired) electrons. The fourth-order valence-electron chi connectivity index (χ4n) is 5.04. The number of Topliss-reactive ketones (excluding diaryl/α,β-unsaturated/α-hetero) is 1. The number of carbonyl (C=O) groups is 2. The normalized spacial score (nSPS) is 19.5. The van der Waals surface area contributed by atoms with E-state index < -0.39 is 0 Å². The van der Waals surface area contributed by atoms with Gasteiger partial charge in [-0.3, -0.25) is 9.59 Å². The number of amides is 1. The first-order valence-electron chi connectivity index (χ1n) is 12.2. The van der Waals surface area contributed by atoms with Crippen molar-refractivity contribution in [2.75, 3.05) is 6.54 Å². The maximum Gasteiger partial charge on any atom is 0.251 e. The highest BCUT2D eigenvalue weighted by Crippen LogP contribution is 2.61. The van der Waals surface area contributed by atoms with E-state index in [1.807, 2.05) is 54.6 Å². The number of rotatable bonds is 8. The Kier molecular flexibility index (Phi) is 6.58. The molecule has 1 aliphatic rings. The standard InChI is InChI=1S/C32H29NO2/c1-22(23-11-5-2-6-12-23)21-33-32(35)27-19-17-26(18-20-27)31(34)30-28(24-13-7-3-8-14-24)29(30)25-15-9-4-10-16-25/h2-20,22,28-30H,21H2,1H3,(H,33,35)/t22-,28+,29+/m1/s1. The first-order valence-corrected chi connectivity index (χ1v) is 12.2. The lowest BCUT2D eigenvalue weighted by molar-refractivity contribution is 0.0944. The Bertz CT molecular complexity index is 1240. The summed E-state index contributed by atoms with van der Waals surface area (Å²) in [6, 6.07) is 37.8. The third-order valence-corrected chi connectivity index (χ3v) is 7.06. The second-order valence-corrected chi connectivity index (χ2v) is 9.36. The molecule has 3 atom stereocenters. The molecule has 3 heteroatoms. The van der Waals surface area contributed by atoms with Crippen LogP contribution in [0.4, 0.5) is 0 Å². The van der Waals surface area contributed by atoms with Crippen molar-refractivity contribution in [2.24, 2.45) is 5.92 Å². The Morgan fingerprint density at radius 1 is 0.657 bits per heavy atom. The second kappa shape index (κ2) is 10.1. The van der Waals surface area contributed by atoms with Gasteiger partial charge in [-0.05, 0) is 34.7 Å². The number of hydrogen-bond acceptors (Lipinski definition) is 2. The molecule has 0 bridgehead atoms. The van der Waals surface area contributed by atoms with Crippen molar-refractivity contribution in [2.45, 2.75) is 24.7 Å². The van der Waals surface area contributed by atoms with Crippen LogP contribution in [0.1, 0.15) is 62.1 Å². The molecule has 1 aliphatic carbocycles. The van der Waals surface area contributed by atoms with Gasteiger partial charge in [0.15, 0.2) is 5.78 Å². The first kappa shape index (κ1) is 22.8. The van der Waals surface area contributed by atoms with Gasteiger partial charge in [-0.1, -0.05) is 110 Å². The van der Waals surface area contributed by atoms with Crippen LogP contribution in [-0.4, -0.2) is 18.2 Å². The lowest BCUT2D eigenvalue weighted by atomic mass is 10.00. The lowest BCUT2D eigenvalue weighted by Crippen LogP contribution is -2.27. The first-order chi connectivity index (χ1) is 17.1. The van der Waals surface area contributed by atoms with E-state index in [2.05, 4.69) is 48.6 Å². The molecule has 1 N–H and O–H groups in total. The number of hydrogen-bond donors (Lipinski definition) is 1. The number of nitrogens with one attached hydrogen (secondary N) is 1. The summed E-state index contributed by atoms with van der Waals surface area (Å²) in [6.07, 6.45) is 0. The van der Waals surface area contributed by atoms with E-state index in [-0.39, 0.29) is 35.4 Å². The summed E-state index contributed by atoms with van der Waals surface area (Å²) in [5, 5.41) is 3.01. The van der Waals surface area contributed by atoms with E-state index >= 15 is 0 Å². The SMILES string of the molecule is C[C@H](CNC(=O)c1ccc(C(=O)C2[C@@H](c3ccccc3)[C@@H]2c2ccccc2)cc1)c1ccccc1. The Hall–Kier alpha value is -3.98. The van der Waals surface area contributed by atoms with Gasteiger partial charge in [0, 0.05) is 35.4 Å². The summed E-state index contributed by atoms with van der Waals surface area (Å²) in [5.41, 5.74) is 4.81. The second-order valence-electron chi connectivity index (χ2n) is 9.36. The Balaban J connectivity index is 1.28. The third-order valence-electron chi connectivity index (χ3n) is 7.06. The summed E-state index contributed by atoms with van der Waals surface area (Å²) in [6.45, 7) is 2.66. The zero-order chi connectivity index (χ0) is 24.2. The Labute approximate surface area is 206 Å². The lowest BCUT2D eigenvalue weighted by Gasteiger charge is -2.13. The van der Waals surface area contributed by atoms with Gasteiger partial charge in [0.1, 0.15) is 0 Å². The minimum absolute atomic E-state index is 0.0915. The van der Waals surface area contributed by atoms with Gasteiger partial charge in [-0.2, -0.15) is 0 Å². The number of benzene rings is 4. The van der Waals surface area contributed by atoms with Crippen molar-refractivity contribution in [3.8, 4) is 0 Å². The van der Waals surface area contributed by atoms with Crippen molar-refractivity contribution in [3.05, 3.63) is 143 Å². The van der Waals surface area contributed by atoms with Crippen LogP contribution < -0.4 is 5.32 Å². The van der Waals surface area contributed by atoms with Gasteiger partial charge in [-0.25, -0.2) is 0 Å². The highest BCUT2D eigenvalue weighted by atomic mass is 16.1. The molecule has 1 fully saturated rings. The maximum absolute atomic E-state index is 13.5. The summed E-state index contributed by atoms with van der Waals surface area (Å²) < 4.78 is 0. The van der Waals surface area contributed by atoms with Crippen LogP contribution >= 0.6 is 0 Å². The zero-order valence-electron chi connectivity index (χ0n) is 19.8. The molecule has 0 spiro atoms. The average Bonchev–Trinajstić information content (AvgIpc) is 3.68. The highest BCUT2D eigenvalue weighted by molar-refractivity contribution is 6.02. The summed E-state index contributed by atoms with van der Waals surface area (Å²) in [5.74, 6) is 0.494. The minimum atomic E-state index is -0.123. The molecule has 5 rings (SSSR count). The third kappa shape index (κ3) is 4.95. The fourth-order valence-corrected chi connectivity index (χ4v) is 5.04. The largest absolute Gasteiger partial charge is 0.351 e. The van der Waals surface area contributed by atoms with Crippen LogP contribution in [0.5, 0.6) is 0 Å². The molecular weight excluding hydrogens is 430 g/mol. The molecule has 0 saturated heterocycles. The van der Waals surface area contributed by atoms with E-state index in [0.29, 0.717) is 17.7 Å². The van der Waals surface area contributed by atoms with Crippen LogP contribution in [0.3, 0.4) is 0 Å². The molecule has 1 saturated carbocycles. The monoisotopic (exact) mass is 459 g/mol. The quantitative estimate of drug-likeness (QED) is 0.302. The molecular formula is C32H29NO2. The fraction of sp³-hybridized carbons (Fsp3) is 0.188. The Morgan fingerprint density at radius 2 is 1.11 bits per heavy atom. The van der Waals surface area contributed by atoms with Gasteiger partial charge in [0.2, 0.25) is 0 Å². The van der Waals surface area contributed by atoms with Crippen LogP contribution in [0.2, 0.25) is 0 Å². The van der Waals surface area contributed by atoms with E-state index in [1.54, 1.807) is 24.3 Å². The minimum Gasteiger partial charge on any atom is -0.351 e. The predicted molar refractivity (Wildman–Crippen MR) is 140 cm³/mol. The van der Waals surface area contributed by atoms with Crippen molar-refractivity contribution >= 4 is 11.7 Å². The summed E-state index contributed by atoms with van der Waals surface area (Å²) in [4.78, 5) is 26.2. The van der Waals surface area contributed by atoms with Crippen LogP contribution in [0.25, 0.3) is 0 Å². The molecule has 174 valence electrons. The van der Waals surface area contributed by atoms with Gasteiger partial charge in [0.25, 0.3) is 5.91 Å². The van der Waals surface area contributed by atoms with Gasteiger partial charge in [0.05, 0.1) is 0 Å². The predicted octanol–water partition coefficient (Wildman–Crippen LogP) is 6.60. The van der Waals surface area contributed by atoms with Crippen molar-refractivity contribution in [1.29, 1.82) is 0 Å². The zero-order valence-corrected chi connectivity index (χ0v) is 19.8. The molecule has 35 heavy (non-hydrogen) atoms. The number of carbonyl (C=O) groups excluding carboxylic acids is 2. The number of ketones is 1. The molecule has 0 heterocycles. The van der Waals surface area contributed by atoms with Gasteiger partial charge >= 0.3 is 0 Å². The van der Waals surface area contributed by atoms with Crippen LogP contribution in [0.15, 0.2) is 115 Å². The average molecular weight is 460 g/mol. The van der Waals surface area contributed by atoms with Gasteiger partial charge < -0.3 is 5.32 Å². The topological polar surface area (TPSA) is 46.2 Å². The van der Waals surface area contributed by atoms with E-state index in [0.717, 1.165) is 0 Å². The van der Waals surface area contributed by atoms with Crippen LogP contribution in [-0.2, 0) is 0 Å². The van der Waals surface area contributed by atoms with E-state index in [4.69, 9.17) is 0 Å². The molecule has 0 aromatic heterocycles. The van der Waals surface area contributed by atoms with Crippen molar-refractivity contribution in [1.82, 2.24) is 5.32 Å². The van der Waals surface area contributed by atoms with Crippen LogP contribution in [0, 0.1) is 5.92 Å². The van der Waals surface area contributed by atoms with E-state index in [9.17, 15) is 9.59 Å². The van der Waals surface area contributed by atoms with Crippen molar-refractivity contribution < 1.29 is 9.59 Å². The highest BCUT2D eigenvalue weighted by Gasteiger charge is 2.55. The van der Waals surface area contributed by atoms with E-state index in [1.165, 1.54) is 16.7 Å². The molecule has 1 amide bonds. The Morgan fingerprint density at radius 3 is 1.63 bits per heavy atom. The molecule has 4 aromatic carbocycles. The molecule has 3 nitrogen and oxygen atoms in total. The summed E-state index contributed by atoms with van der Waals surface area (Å²) >= 11 is 0. The maximum atomic E-state index is 13.5. The molecule has 0 aliphatic heterocycles.